The highest BCUT2D eigenvalue weighted by Crippen LogP contribution is 2.19. The van der Waals surface area contributed by atoms with E-state index in [9.17, 15) is 0 Å². The van der Waals surface area contributed by atoms with Crippen LogP contribution in [0.15, 0.2) is 30.3 Å². The Balaban J connectivity index is 2.15. The van der Waals surface area contributed by atoms with E-state index in [0.29, 0.717) is 5.95 Å². The second-order valence-corrected chi connectivity index (χ2v) is 4.83. The summed E-state index contributed by atoms with van der Waals surface area (Å²) in [6.07, 6.45) is 0. The lowest BCUT2D eigenvalue weighted by Crippen LogP contribution is -2.10. The molecular formula is C14H16ClN3. The molecule has 0 spiro atoms. The highest BCUT2D eigenvalue weighted by Gasteiger charge is 2.07. The molecule has 2 aromatic rings. The second kappa shape index (κ2) is 5.36. The Morgan fingerprint density at radius 3 is 2.17 bits per heavy atom. The fourth-order valence-electron chi connectivity index (χ4n) is 1.82. The summed E-state index contributed by atoms with van der Waals surface area (Å²) in [6.45, 7) is 6.00. The van der Waals surface area contributed by atoms with E-state index in [1.54, 1.807) is 0 Å². The molecule has 0 radical (unpaired) electrons. The molecule has 1 unspecified atom stereocenters. The van der Waals surface area contributed by atoms with Gasteiger partial charge in [0.2, 0.25) is 5.95 Å². The molecular weight excluding hydrogens is 246 g/mol. The molecule has 4 heteroatoms. The van der Waals surface area contributed by atoms with Gasteiger partial charge in [-0.2, -0.15) is 0 Å². The third kappa shape index (κ3) is 3.20. The van der Waals surface area contributed by atoms with Crippen molar-refractivity contribution in [2.45, 2.75) is 26.8 Å². The third-order valence-electron chi connectivity index (χ3n) is 2.70. The first-order valence-corrected chi connectivity index (χ1v) is 6.26. The zero-order valence-electron chi connectivity index (χ0n) is 10.7. The lowest BCUT2D eigenvalue weighted by Gasteiger charge is -2.14. The van der Waals surface area contributed by atoms with Crippen LogP contribution in [0.5, 0.6) is 0 Å². The van der Waals surface area contributed by atoms with E-state index in [2.05, 4.69) is 22.2 Å². The monoisotopic (exact) mass is 261 g/mol. The average molecular weight is 262 g/mol. The quantitative estimate of drug-likeness (QED) is 0.910. The maximum Gasteiger partial charge on any atom is 0.223 e. The zero-order chi connectivity index (χ0) is 13.1. The van der Waals surface area contributed by atoms with E-state index in [1.165, 1.54) is 0 Å². The SMILES string of the molecule is Cc1cc(C)nc(NC(C)c2ccc(Cl)cc2)n1. The molecule has 1 atom stereocenters. The molecule has 3 nitrogen and oxygen atoms in total. The standard InChI is InChI=1S/C14H16ClN3/c1-9-8-10(2)17-14(16-9)18-11(3)12-4-6-13(15)7-5-12/h4-8,11H,1-3H3,(H,16,17,18). The van der Waals surface area contributed by atoms with Gasteiger partial charge in [0.1, 0.15) is 0 Å². The average Bonchev–Trinajstić information content (AvgIpc) is 2.28. The molecule has 0 aliphatic carbocycles. The number of halogens is 1. The lowest BCUT2D eigenvalue weighted by atomic mass is 10.1. The molecule has 0 saturated carbocycles. The number of anilines is 1. The molecule has 0 amide bonds. The number of rotatable bonds is 3. The molecule has 1 aromatic carbocycles. The number of hydrogen-bond donors (Lipinski definition) is 1. The van der Waals surface area contributed by atoms with Crippen LogP contribution >= 0.6 is 11.6 Å². The highest BCUT2D eigenvalue weighted by atomic mass is 35.5. The van der Waals surface area contributed by atoms with Gasteiger partial charge < -0.3 is 5.32 Å². The number of hydrogen-bond acceptors (Lipinski definition) is 3. The summed E-state index contributed by atoms with van der Waals surface area (Å²) in [7, 11) is 0. The first-order chi connectivity index (χ1) is 8.54. The minimum atomic E-state index is 0.142. The van der Waals surface area contributed by atoms with E-state index in [1.807, 2.05) is 44.2 Å². The molecule has 18 heavy (non-hydrogen) atoms. The predicted octanol–water partition coefficient (Wildman–Crippen LogP) is 3.92. The van der Waals surface area contributed by atoms with E-state index in [-0.39, 0.29) is 6.04 Å². The van der Waals surface area contributed by atoms with E-state index < -0.39 is 0 Å². The van der Waals surface area contributed by atoms with Gasteiger partial charge >= 0.3 is 0 Å². The third-order valence-corrected chi connectivity index (χ3v) is 2.95. The van der Waals surface area contributed by atoms with Gasteiger partial charge in [0, 0.05) is 16.4 Å². The first-order valence-electron chi connectivity index (χ1n) is 5.89. The minimum absolute atomic E-state index is 0.142. The van der Waals surface area contributed by atoms with Crippen LogP contribution in [0.25, 0.3) is 0 Å². The van der Waals surface area contributed by atoms with Crippen molar-refractivity contribution >= 4 is 17.5 Å². The predicted molar refractivity (Wildman–Crippen MR) is 75.0 cm³/mol. The summed E-state index contributed by atoms with van der Waals surface area (Å²) >= 11 is 5.87. The van der Waals surface area contributed by atoms with Gasteiger partial charge in [0.05, 0.1) is 6.04 Å². The number of nitrogens with zero attached hydrogens (tertiary/aromatic N) is 2. The fraction of sp³-hybridized carbons (Fsp3) is 0.286. The Kier molecular flexibility index (Phi) is 3.82. The first kappa shape index (κ1) is 12.8. The van der Waals surface area contributed by atoms with Crippen molar-refractivity contribution in [2.24, 2.45) is 0 Å². The largest absolute Gasteiger partial charge is 0.348 e. The molecule has 0 aliphatic heterocycles. The van der Waals surface area contributed by atoms with Crippen LogP contribution < -0.4 is 5.32 Å². The topological polar surface area (TPSA) is 37.8 Å². The van der Waals surface area contributed by atoms with Gasteiger partial charge in [0.15, 0.2) is 0 Å². The van der Waals surface area contributed by atoms with Crippen LogP contribution in [0.4, 0.5) is 5.95 Å². The van der Waals surface area contributed by atoms with Crippen LogP contribution in [0.1, 0.15) is 29.9 Å². The van der Waals surface area contributed by atoms with Crippen LogP contribution in [0.2, 0.25) is 5.02 Å². The summed E-state index contributed by atoms with van der Waals surface area (Å²) < 4.78 is 0. The summed E-state index contributed by atoms with van der Waals surface area (Å²) in [5, 5.41) is 4.04. The van der Waals surface area contributed by atoms with Crippen LogP contribution in [-0.4, -0.2) is 9.97 Å². The summed E-state index contributed by atoms with van der Waals surface area (Å²) in [4.78, 5) is 8.74. The van der Waals surface area contributed by atoms with Crippen molar-refractivity contribution in [3.05, 3.63) is 52.3 Å². The molecule has 2 rings (SSSR count). The molecule has 1 aromatic heterocycles. The molecule has 0 bridgehead atoms. The summed E-state index contributed by atoms with van der Waals surface area (Å²) in [6, 6.07) is 9.88. The van der Waals surface area contributed by atoms with Gasteiger partial charge in [-0.05, 0) is 44.5 Å². The van der Waals surface area contributed by atoms with Gasteiger partial charge in [-0.25, -0.2) is 9.97 Å². The fourth-order valence-corrected chi connectivity index (χ4v) is 1.94. The van der Waals surface area contributed by atoms with Gasteiger partial charge in [-0.3, -0.25) is 0 Å². The Hall–Kier alpha value is -1.61. The van der Waals surface area contributed by atoms with E-state index >= 15 is 0 Å². The number of aryl methyl sites for hydroxylation is 2. The Morgan fingerprint density at radius 1 is 1.06 bits per heavy atom. The van der Waals surface area contributed by atoms with Crippen LogP contribution in [0.3, 0.4) is 0 Å². The van der Waals surface area contributed by atoms with Crippen molar-refractivity contribution in [1.29, 1.82) is 0 Å². The number of aromatic nitrogens is 2. The smallest absolute Gasteiger partial charge is 0.223 e. The van der Waals surface area contributed by atoms with Crippen molar-refractivity contribution in [3.8, 4) is 0 Å². The molecule has 94 valence electrons. The number of benzene rings is 1. The minimum Gasteiger partial charge on any atom is -0.348 e. The van der Waals surface area contributed by atoms with Crippen molar-refractivity contribution in [3.63, 3.8) is 0 Å². The van der Waals surface area contributed by atoms with E-state index in [4.69, 9.17) is 11.6 Å². The van der Waals surface area contributed by atoms with E-state index in [0.717, 1.165) is 22.0 Å². The molecule has 1 heterocycles. The molecule has 1 N–H and O–H groups in total. The van der Waals surface area contributed by atoms with Crippen molar-refractivity contribution < 1.29 is 0 Å². The maximum absolute atomic E-state index is 5.87. The Bertz CT molecular complexity index is 517. The molecule has 0 aliphatic rings. The zero-order valence-corrected chi connectivity index (χ0v) is 11.5. The second-order valence-electron chi connectivity index (χ2n) is 4.39. The summed E-state index contributed by atoms with van der Waals surface area (Å²) in [5.74, 6) is 0.662. The molecule has 0 saturated heterocycles. The van der Waals surface area contributed by atoms with Gasteiger partial charge in [-0.1, -0.05) is 23.7 Å². The van der Waals surface area contributed by atoms with Crippen molar-refractivity contribution in [2.75, 3.05) is 5.32 Å². The van der Waals surface area contributed by atoms with Gasteiger partial charge in [-0.15, -0.1) is 0 Å². The summed E-state index contributed by atoms with van der Waals surface area (Å²) in [5.41, 5.74) is 3.09. The maximum atomic E-state index is 5.87. The van der Waals surface area contributed by atoms with Crippen molar-refractivity contribution in [1.82, 2.24) is 9.97 Å². The Labute approximate surface area is 112 Å². The highest BCUT2D eigenvalue weighted by molar-refractivity contribution is 6.30. The Morgan fingerprint density at radius 2 is 1.61 bits per heavy atom. The normalized spacial score (nSPS) is 12.2. The number of nitrogens with one attached hydrogen (secondary N) is 1. The van der Waals surface area contributed by atoms with Crippen LogP contribution in [0, 0.1) is 13.8 Å². The van der Waals surface area contributed by atoms with Gasteiger partial charge in [0.25, 0.3) is 0 Å². The lowest BCUT2D eigenvalue weighted by molar-refractivity contribution is 0.853. The van der Waals surface area contributed by atoms with Crippen LogP contribution in [-0.2, 0) is 0 Å². The molecule has 0 fully saturated rings.